The molecule has 0 radical (unpaired) electrons. The first-order valence-corrected chi connectivity index (χ1v) is 15.4. The molecule has 23 heavy (non-hydrogen) atoms. The van der Waals surface area contributed by atoms with Crippen LogP contribution in [0.15, 0.2) is 0 Å². The van der Waals surface area contributed by atoms with Crippen molar-refractivity contribution in [1.29, 1.82) is 0 Å². The van der Waals surface area contributed by atoms with E-state index < -0.39 is 25.7 Å². The van der Waals surface area contributed by atoms with Gasteiger partial charge in [0.15, 0.2) is 0 Å². The Morgan fingerprint density at radius 2 is 0.870 bits per heavy atom. The first-order valence-electron chi connectivity index (χ1n) is 7.87. The topological polar surface area (TPSA) is 64.6 Å². The second kappa shape index (κ2) is 11.1. The summed E-state index contributed by atoms with van der Waals surface area (Å²) in [5.74, 6) is 0. The summed E-state index contributed by atoms with van der Waals surface area (Å²) in [5, 5.41) is 0. The van der Waals surface area contributed by atoms with Gasteiger partial charge in [0.25, 0.3) is 0 Å². The maximum absolute atomic E-state index is 6.42. The van der Waals surface area contributed by atoms with E-state index in [1.165, 1.54) is 0 Å². The van der Waals surface area contributed by atoms with Crippen LogP contribution in [0.5, 0.6) is 0 Å². The quantitative estimate of drug-likeness (QED) is 0.422. The van der Waals surface area contributed by atoms with Crippen LogP contribution in [0.3, 0.4) is 0 Å². The van der Waals surface area contributed by atoms with Crippen LogP contribution in [0.25, 0.3) is 0 Å². The van der Waals surface area contributed by atoms with Gasteiger partial charge in [-0.15, -0.1) is 0 Å². The molecule has 0 saturated heterocycles. The minimum Gasteiger partial charge on any atom is -0.412 e. The van der Waals surface area contributed by atoms with Gasteiger partial charge in [-0.3, -0.25) is 0 Å². The SMILES string of the molecule is CCO[Si](C)(COC)O[Si](C)(COC)O[Si](C)(COC)OCC. The Labute approximate surface area is 144 Å². The van der Waals surface area contributed by atoms with Crippen LogP contribution in [0.2, 0.25) is 19.6 Å². The van der Waals surface area contributed by atoms with E-state index in [0.717, 1.165) is 0 Å². The van der Waals surface area contributed by atoms with Gasteiger partial charge in [-0.2, -0.15) is 0 Å². The van der Waals surface area contributed by atoms with Gasteiger partial charge in [-0.05, 0) is 33.5 Å². The highest BCUT2D eigenvalue weighted by Crippen LogP contribution is 2.23. The fourth-order valence-electron chi connectivity index (χ4n) is 2.59. The van der Waals surface area contributed by atoms with E-state index >= 15 is 0 Å². The van der Waals surface area contributed by atoms with Crippen molar-refractivity contribution in [2.75, 3.05) is 53.2 Å². The van der Waals surface area contributed by atoms with Crippen molar-refractivity contribution in [3.05, 3.63) is 0 Å². The number of hydrogen-bond donors (Lipinski definition) is 0. The van der Waals surface area contributed by atoms with Crippen LogP contribution in [-0.4, -0.2) is 78.9 Å². The van der Waals surface area contributed by atoms with Crippen LogP contribution < -0.4 is 0 Å². The summed E-state index contributed by atoms with van der Waals surface area (Å²) in [5.41, 5.74) is 0. The highest BCUT2D eigenvalue weighted by Gasteiger charge is 2.49. The number of rotatable bonds is 14. The van der Waals surface area contributed by atoms with Gasteiger partial charge in [0.05, 0.1) is 18.7 Å². The Hall–Kier alpha value is 0.371. The van der Waals surface area contributed by atoms with Gasteiger partial charge in [0, 0.05) is 34.5 Å². The lowest BCUT2D eigenvalue weighted by Crippen LogP contribution is -2.62. The summed E-state index contributed by atoms with van der Waals surface area (Å²) in [6, 6.07) is 0. The molecular weight excluding hydrogens is 352 g/mol. The summed E-state index contributed by atoms with van der Waals surface area (Å²) >= 11 is 0. The molecule has 0 saturated carbocycles. The van der Waals surface area contributed by atoms with E-state index in [0.29, 0.717) is 31.9 Å². The second-order valence-corrected chi connectivity index (χ2v) is 15.6. The molecule has 0 aliphatic carbocycles. The maximum Gasteiger partial charge on any atom is 0.352 e. The Morgan fingerprint density at radius 1 is 0.565 bits per heavy atom. The predicted molar refractivity (Wildman–Crippen MR) is 95.9 cm³/mol. The van der Waals surface area contributed by atoms with E-state index in [1.807, 2.05) is 33.5 Å². The third-order valence-corrected chi connectivity index (χ3v) is 14.1. The van der Waals surface area contributed by atoms with Gasteiger partial charge in [0.1, 0.15) is 0 Å². The lowest BCUT2D eigenvalue weighted by molar-refractivity contribution is 0.129. The van der Waals surface area contributed by atoms with E-state index in [2.05, 4.69) is 0 Å². The molecular formula is C13H34O7Si3. The lowest BCUT2D eigenvalue weighted by Gasteiger charge is -2.40. The Bertz CT molecular complexity index is 284. The normalized spacial score (nSPS) is 19.8. The van der Waals surface area contributed by atoms with Crippen molar-refractivity contribution in [3.63, 3.8) is 0 Å². The highest BCUT2D eigenvalue weighted by atomic mass is 28.5. The second-order valence-electron chi connectivity index (χ2n) is 5.77. The predicted octanol–water partition coefficient (Wildman–Crippen LogP) is 1.87. The highest BCUT2D eigenvalue weighted by molar-refractivity contribution is 6.85. The lowest BCUT2D eigenvalue weighted by atomic mass is 10.9. The maximum atomic E-state index is 6.42. The van der Waals surface area contributed by atoms with E-state index in [4.69, 9.17) is 31.3 Å². The smallest absolute Gasteiger partial charge is 0.352 e. The zero-order valence-electron chi connectivity index (χ0n) is 15.9. The van der Waals surface area contributed by atoms with Crippen molar-refractivity contribution in [1.82, 2.24) is 0 Å². The summed E-state index contributed by atoms with van der Waals surface area (Å²) in [7, 11) is -2.76. The van der Waals surface area contributed by atoms with Crippen molar-refractivity contribution in [3.8, 4) is 0 Å². The molecule has 2 unspecified atom stereocenters. The van der Waals surface area contributed by atoms with Crippen molar-refractivity contribution in [2.24, 2.45) is 0 Å². The summed E-state index contributed by atoms with van der Waals surface area (Å²) in [4.78, 5) is 0. The Balaban J connectivity index is 5.27. The zero-order valence-corrected chi connectivity index (χ0v) is 18.9. The van der Waals surface area contributed by atoms with Crippen LogP contribution in [0.1, 0.15) is 13.8 Å². The molecule has 0 aromatic carbocycles. The van der Waals surface area contributed by atoms with Gasteiger partial charge in [-0.1, -0.05) is 0 Å². The van der Waals surface area contributed by atoms with Crippen LogP contribution in [0, 0.1) is 0 Å². The van der Waals surface area contributed by atoms with Crippen molar-refractivity contribution in [2.45, 2.75) is 33.5 Å². The summed E-state index contributed by atoms with van der Waals surface area (Å²) in [6.07, 6.45) is 1.27. The average Bonchev–Trinajstić information content (AvgIpc) is 2.38. The van der Waals surface area contributed by atoms with Crippen molar-refractivity contribution < 1.29 is 31.3 Å². The fraction of sp³-hybridized carbons (Fsp3) is 1.00. The molecule has 0 amide bonds. The first kappa shape index (κ1) is 23.4. The molecule has 0 rings (SSSR count). The molecule has 0 aliphatic heterocycles. The zero-order chi connectivity index (χ0) is 18.0. The molecule has 0 aromatic heterocycles. The van der Waals surface area contributed by atoms with E-state index in [1.54, 1.807) is 21.3 Å². The molecule has 140 valence electrons. The average molecular weight is 387 g/mol. The number of methoxy groups -OCH3 is 3. The van der Waals surface area contributed by atoms with Crippen molar-refractivity contribution >= 4 is 25.7 Å². The Kier molecular flexibility index (Phi) is 11.3. The van der Waals surface area contributed by atoms with Gasteiger partial charge < -0.3 is 31.3 Å². The van der Waals surface area contributed by atoms with Gasteiger partial charge in [0.2, 0.25) is 0 Å². The standard InChI is InChI=1S/C13H34O7Si3/c1-9-17-21(6,11-14-3)19-23(8,13-16-5)20-22(7,12-15-4)18-10-2/h9-13H2,1-8H3. The molecule has 0 spiro atoms. The van der Waals surface area contributed by atoms with Crippen LogP contribution in [0.4, 0.5) is 0 Å². The third kappa shape index (κ3) is 8.86. The molecule has 2 atom stereocenters. The first-order chi connectivity index (χ1) is 10.7. The number of hydrogen-bond acceptors (Lipinski definition) is 7. The molecule has 0 bridgehead atoms. The minimum atomic E-state index is -2.68. The molecule has 0 aliphatic rings. The van der Waals surface area contributed by atoms with E-state index in [9.17, 15) is 0 Å². The molecule has 0 aromatic rings. The summed E-state index contributed by atoms with van der Waals surface area (Å²) < 4.78 is 40.6. The summed E-state index contributed by atoms with van der Waals surface area (Å²) in [6.45, 7) is 11.0. The fourth-order valence-corrected chi connectivity index (χ4v) is 14.8. The van der Waals surface area contributed by atoms with Gasteiger partial charge in [-0.25, -0.2) is 0 Å². The largest absolute Gasteiger partial charge is 0.412 e. The van der Waals surface area contributed by atoms with E-state index in [-0.39, 0.29) is 0 Å². The molecule has 0 N–H and O–H groups in total. The van der Waals surface area contributed by atoms with Crippen LogP contribution >= 0.6 is 0 Å². The monoisotopic (exact) mass is 386 g/mol. The number of ether oxygens (including phenoxy) is 3. The molecule has 7 nitrogen and oxygen atoms in total. The van der Waals surface area contributed by atoms with Gasteiger partial charge >= 0.3 is 25.7 Å². The molecule has 0 fully saturated rings. The molecule has 0 heterocycles. The Morgan fingerprint density at radius 3 is 1.13 bits per heavy atom. The third-order valence-electron chi connectivity index (χ3n) is 2.98. The minimum absolute atomic E-state index is 0.395. The molecule has 10 heteroatoms. The van der Waals surface area contributed by atoms with Crippen LogP contribution in [-0.2, 0) is 31.3 Å².